The highest BCUT2D eigenvalue weighted by molar-refractivity contribution is 5.90. The molecule has 1 saturated heterocycles. The van der Waals surface area contributed by atoms with Gasteiger partial charge in [-0.3, -0.25) is 0 Å². The smallest absolute Gasteiger partial charge is 0.101 e. The molecule has 0 unspecified atom stereocenters. The SMILES string of the molecule is N#CC(=Cc1ccc(N2CCOCC2)cc1)c1ccc2ccccc2n1. The lowest BCUT2D eigenvalue weighted by molar-refractivity contribution is 0.122. The summed E-state index contributed by atoms with van der Waals surface area (Å²) in [6.45, 7) is 3.38. The van der Waals surface area contributed by atoms with Crippen LogP contribution in [0.4, 0.5) is 5.69 Å². The molecular weight excluding hydrogens is 322 g/mol. The molecule has 2 aromatic carbocycles. The van der Waals surface area contributed by atoms with Crippen molar-refractivity contribution in [2.24, 2.45) is 0 Å². The number of nitrogens with zero attached hydrogens (tertiary/aromatic N) is 3. The zero-order chi connectivity index (χ0) is 17.8. The Kier molecular flexibility index (Phi) is 4.63. The average Bonchev–Trinajstić information content (AvgIpc) is 2.73. The average molecular weight is 341 g/mol. The van der Waals surface area contributed by atoms with Crippen LogP contribution in [0.2, 0.25) is 0 Å². The van der Waals surface area contributed by atoms with Crippen molar-refractivity contribution in [2.75, 3.05) is 31.2 Å². The summed E-state index contributed by atoms with van der Waals surface area (Å²) in [7, 11) is 0. The van der Waals surface area contributed by atoms with E-state index < -0.39 is 0 Å². The second-order valence-electron chi connectivity index (χ2n) is 6.25. The van der Waals surface area contributed by atoms with Crippen molar-refractivity contribution < 1.29 is 4.74 Å². The molecule has 0 N–H and O–H groups in total. The number of allylic oxidation sites excluding steroid dienone is 1. The third-order valence-corrected chi connectivity index (χ3v) is 4.58. The maximum absolute atomic E-state index is 9.59. The zero-order valence-corrected chi connectivity index (χ0v) is 14.4. The van der Waals surface area contributed by atoms with E-state index in [9.17, 15) is 5.26 Å². The van der Waals surface area contributed by atoms with Crippen molar-refractivity contribution in [1.29, 1.82) is 5.26 Å². The van der Waals surface area contributed by atoms with Crippen molar-refractivity contribution in [3.8, 4) is 6.07 Å². The first-order valence-electron chi connectivity index (χ1n) is 8.74. The molecular formula is C22H19N3O. The number of aromatic nitrogens is 1. The van der Waals surface area contributed by atoms with E-state index in [0.29, 0.717) is 11.3 Å². The van der Waals surface area contributed by atoms with Crippen LogP contribution in [-0.2, 0) is 4.74 Å². The van der Waals surface area contributed by atoms with Crippen LogP contribution in [0.15, 0.2) is 60.7 Å². The highest BCUT2D eigenvalue weighted by atomic mass is 16.5. The molecule has 4 rings (SSSR count). The van der Waals surface area contributed by atoms with E-state index in [1.54, 1.807) is 0 Å². The fourth-order valence-corrected chi connectivity index (χ4v) is 3.15. The Morgan fingerprint density at radius 2 is 1.77 bits per heavy atom. The van der Waals surface area contributed by atoms with Gasteiger partial charge in [0.2, 0.25) is 0 Å². The number of ether oxygens (including phenoxy) is 1. The minimum Gasteiger partial charge on any atom is -0.378 e. The lowest BCUT2D eigenvalue weighted by Gasteiger charge is -2.28. The third-order valence-electron chi connectivity index (χ3n) is 4.58. The molecule has 0 spiro atoms. The van der Waals surface area contributed by atoms with Gasteiger partial charge in [0.05, 0.1) is 30.0 Å². The largest absolute Gasteiger partial charge is 0.378 e. The van der Waals surface area contributed by atoms with Gasteiger partial charge in [-0.2, -0.15) is 5.26 Å². The number of hydrogen-bond donors (Lipinski definition) is 0. The third kappa shape index (κ3) is 3.44. The van der Waals surface area contributed by atoms with Crippen molar-refractivity contribution in [2.45, 2.75) is 0 Å². The first-order valence-corrected chi connectivity index (χ1v) is 8.74. The summed E-state index contributed by atoms with van der Waals surface area (Å²) in [6, 6.07) is 22.4. The summed E-state index contributed by atoms with van der Waals surface area (Å²) in [5.41, 5.74) is 4.34. The number of hydrogen-bond acceptors (Lipinski definition) is 4. The number of rotatable bonds is 3. The Morgan fingerprint density at radius 1 is 1.00 bits per heavy atom. The van der Waals surface area contributed by atoms with Gasteiger partial charge in [0.25, 0.3) is 0 Å². The summed E-state index contributed by atoms with van der Waals surface area (Å²) in [6.07, 6.45) is 1.89. The maximum atomic E-state index is 9.59. The summed E-state index contributed by atoms with van der Waals surface area (Å²) in [4.78, 5) is 6.93. The second-order valence-corrected chi connectivity index (χ2v) is 6.25. The minimum atomic E-state index is 0.565. The lowest BCUT2D eigenvalue weighted by Crippen LogP contribution is -2.36. The summed E-state index contributed by atoms with van der Waals surface area (Å²) in [5, 5.41) is 10.7. The highest BCUT2D eigenvalue weighted by Crippen LogP contribution is 2.22. The van der Waals surface area contributed by atoms with Gasteiger partial charge in [-0.15, -0.1) is 0 Å². The van der Waals surface area contributed by atoms with Crippen LogP contribution < -0.4 is 4.90 Å². The molecule has 4 nitrogen and oxygen atoms in total. The molecule has 1 aromatic heterocycles. The number of pyridine rings is 1. The number of fused-ring (bicyclic) bond motifs is 1. The van der Waals surface area contributed by atoms with E-state index in [2.05, 4.69) is 28.1 Å². The van der Waals surface area contributed by atoms with Gasteiger partial charge in [-0.25, -0.2) is 4.98 Å². The van der Waals surface area contributed by atoms with E-state index in [4.69, 9.17) is 4.74 Å². The Bertz CT molecular complexity index is 980. The van der Waals surface area contributed by atoms with Gasteiger partial charge in [0, 0.05) is 24.2 Å². The molecule has 0 aliphatic carbocycles. The molecule has 3 aromatic rings. The maximum Gasteiger partial charge on any atom is 0.101 e. The number of para-hydroxylation sites is 1. The topological polar surface area (TPSA) is 49.2 Å². The summed E-state index contributed by atoms with van der Waals surface area (Å²) >= 11 is 0. The Balaban J connectivity index is 1.61. The number of nitriles is 1. The monoisotopic (exact) mass is 341 g/mol. The summed E-state index contributed by atoms with van der Waals surface area (Å²) in [5.74, 6) is 0. The molecule has 1 fully saturated rings. The first-order chi connectivity index (χ1) is 12.8. The Hall–Kier alpha value is -3.16. The Labute approximate surface area is 153 Å². The zero-order valence-electron chi connectivity index (χ0n) is 14.4. The van der Waals surface area contributed by atoms with Crippen LogP contribution in [0.1, 0.15) is 11.3 Å². The van der Waals surface area contributed by atoms with E-state index >= 15 is 0 Å². The molecule has 1 aliphatic rings. The van der Waals surface area contributed by atoms with Gasteiger partial charge in [0.1, 0.15) is 6.07 Å². The van der Waals surface area contributed by atoms with Crippen molar-refractivity contribution in [1.82, 2.24) is 4.98 Å². The molecule has 2 heterocycles. The molecule has 26 heavy (non-hydrogen) atoms. The Morgan fingerprint density at radius 3 is 2.54 bits per heavy atom. The van der Waals surface area contributed by atoms with Gasteiger partial charge >= 0.3 is 0 Å². The number of benzene rings is 2. The van der Waals surface area contributed by atoms with Crippen molar-refractivity contribution in [3.63, 3.8) is 0 Å². The van der Waals surface area contributed by atoms with Crippen molar-refractivity contribution in [3.05, 3.63) is 71.9 Å². The predicted octanol–water partition coefficient (Wildman–Crippen LogP) is 4.14. The van der Waals surface area contributed by atoms with E-state index in [-0.39, 0.29) is 0 Å². The van der Waals surface area contributed by atoms with Crippen LogP contribution in [0.5, 0.6) is 0 Å². The molecule has 4 heteroatoms. The van der Waals surface area contributed by atoms with Gasteiger partial charge < -0.3 is 9.64 Å². The van der Waals surface area contributed by atoms with E-state index in [1.807, 2.05) is 54.6 Å². The minimum absolute atomic E-state index is 0.565. The fraction of sp³-hybridized carbons (Fsp3) is 0.182. The van der Waals surface area contributed by atoms with Crippen LogP contribution in [-0.4, -0.2) is 31.3 Å². The summed E-state index contributed by atoms with van der Waals surface area (Å²) < 4.78 is 5.40. The molecule has 0 radical (unpaired) electrons. The molecule has 0 saturated carbocycles. The van der Waals surface area contributed by atoms with Gasteiger partial charge in [-0.1, -0.05) is 36.4 Å². The van der Waals surface area contributed by atoms with Gasteiger partial charge in [0.15, 0.2) is 0 Å². The standard InChI is InChI=1S/C22H19N3O/c23-16-19(22-10-7-18-3-1-2-4-21(18)24-22)15-17-5-8-20(9-6-17)25-11-13-26-14-12-25/h1-10,15H,11-14H2. The molecule has 1 aliphatic heterocycles. The van der Waals surface area contributed by atoms with Gasteiger partial charge in [-0.05, 0) is 35.9 Å². The van der Waals surface area contributed by atoms with E-state index in [1.165, 1.54) is 5.69 Å². The van der Waals surface area contributed by atoms with Crippen LogP contribution >= 0.6 is 0 Å². The lowest BCUT2D eigenvalue weighted by atomic mass is 10.1. The van der Waals surface area contributed by atoms with Crippen LogP contribution in [0.3, 0.4) is 0 Å². The molecule has 0 amide bonds. The highest BCUT2D eigenvalue weighted by Gasteiger charge is 2.11. The fourth-order valence-electron chi connectivity index (χ4n) is 3.15. The van der Waals surface area contributed by atoms with E-state index in [0.717, 1.165) is 42.8 Å². The normalized spacial score (nSPS) is 15.0. The predicted molar refractivity (Wildman–Crippen MR) is 105 cm³/mol. The van der Waals surface area contributed by atoms with Crippen LogP contribution in [0.25, 0.3) is 22.6 Å². The van der Waals surface area contributed by atoms with Crippen LogP contribution in [0, 0.1) is 11.3 Å². The number of anilines is 1. The quantitative estimate of drug-likeness (QED) is 0.672. The molecule has 0 atom stereocenters. The molecule has 0 bridgehead atoms. The second kappa shape index (κ2) is 7.38. The van der Waals surface area contributed by atoms with Crippen molar-refractivity contribution >= 4 is 28.2 Å². The first kappa shape index (κ1) is 16.3. The molecule has 128 valence electrons. The number of morpholine rings is 1.